The number of phenols is 2. The number of hydrogen-bond acceptors (Lipinski definition) is 4. The predicted octanol–water partition coefficient (Wildman–Crippen LogP) is 5.05. The summed E-state index contributed by atoms with van der Waals surface area (Å²) in [6.45, 7) is 6.07. The van der Waals surface area contributed by atoms with Crippen LogP contribution in [0.4, 0.5) is 0 Å². The van der Waals surface area contributed by atoms with E-state index in [0.717, 1.165) is 24.2 Å². The van der Waals surface area contributed by atoms with Crippen LogP contribution >= 0.6 is 0 Å². The topological polar surface area (TPSA) is 64.5 Å². The standard InChI is InChI=1S/C24H34N2O2/c1-18(20-10-4-6-12-22(20)27)25-16-24(14-8-3-9-15-24)17-26-19(2)21-11-5-7-13-23(21)28/h4-7,10-13,18-19,25-28H,3,8-9,14-17H2,1-2H3/t18-,19-/m0/s1. The first kappa shape index (κ1) is 20.7. The van der Waals surface area contributed by atoms with Gasteiger partial charge in [0.2, 0.25) is 0 Å². The molecule has 0 heterocycles. The first-order chi connectivity index (χ1) is 13.5. The summed E-state index contributed by atoms with van der Waals surface area (Å²) in [6, 6.07) is 15.3. The first-order valence-electron chi connectivity index (χ1n) is 10.5. The molecule has 1 fully saturated rings. The number of hydrogen-bond donors (Lipinski definition) is 4. The number of benzene rings is 2. The van der Waals surface area contributed by atoms with Crippen LogP contribution in [0.25, 0.3) is 0 Å². The van der Waals surface area contributed by atoms with Crippen molar-refractivity contribution in [1.82, 2.24) is 10.6 Å². The fourth-order valence-corrected chi connectivity index (χ4v) is 4.38. The van der Waals surface area contributed by atoms with Gasteiger partial charge in [0.25, 0.3) is 0 Å². The van der Waals surface area contributed by atoms with E-state index in [1.165, 1.54) is 32.1 Å². The highest BCUT2D eigenvalue weighted by Gasteiger charge is 2.32. The second-order valence-electron chi connectivity index (χ2n) is 8.38. The second-order valence-corrected chi connectivity index (χ2v) is 8.38. The molecule has 4 heteroatoms. The molecular weight excluding hydrogens is 348 g/mol. The van der Waals surface area contributed by atoms with Gasteiger partial charge >= 0.3 is 0 Å². The molecule has 2 aromatic rings. The van der Waals surface area contributed by atoms with Crippen molar-refractivity contribution in [1.29, 1.82) is 0 Å². The van der Waals surface area contributed by atoms with Crippen LogP contribution in [-0.2, 0) is 0 Å². The molecule has 4 N–H and O–H groups in total. The fraction of sp³-hybridized carbons (Fsp3) is 0.500. The zero-order valence-corrected chi connectivity index (χ0v) is 17.1. The number of para-hydroxylation sites is 2. The van der Waals surface area contributed by atoms with Gasteiger partial charge in [0.15, 0.2) is 0 Å². The lowest BCUT2D eigenvalue weighted by Crippen LogP contribution is -2.44. The summed E-state index contributed by atoms with van der Waals surface area (Å²) in [7, 11) is 0. The molecule has 2 aromatic carbocycles. The van der Waals surface area contributed by atoms with Gasteiger partial charge in [0.05, 0.1) is 0 Å². The van der Waals surface area contributed by atoms with Crippen molar-refractivity contribution in [3.05, 3.63) is 59.7 Å². The fourth-order valence-electron chi connectivity index (χ4n) is 4.38. The van der Waals surface area contributed by atoms with E-state index in [0.29, 0.717) is 11.5 Å². The van der Waals surface area contributed by atoms with Crippen molar-refractivity contribution in [2.24, 2.45) is 5.41 Å². The van der Waals surface area contributed by atoms with Crippen LogP contribution in [0.5, 0.6) is 11.5 Å². The smallest absolute Gasteiger partial charge is 0.120 e. The Morgan fingerprint density at radius 2 is 1.18 bits per heavy atom. The van der Waals surface area contributed by atoms with Gasteiger partial charge in [-0.3, -0.25) is 0 Å². The summed E-state index contributed by atoms with van der Waals surface area (Å²) >= 11 is 0. The summed E-state index contributed by atoms with van der Waals surface area (Å²) < 4.78 is 0. The van der Waals surface area contributed by atoms with Gasteiger partial charge in [-0.05, 0) is 44.2 Å². The summed E-state index contributed by atoms with van der Waals surface area (Å²) in [5.74, 6) is 0.706. The molecule has 2 atom stereocenters. The summed E-state index contributed by atoms with van der Waals surface area (Å²) in [5.41, 5.74) is 2.10. The molecule has 1 aliphatic carbocycles. The third-order valence-corrected chi connectivity index (χ3v) is 6.29. The Labute approximate surface area is 169 Å². The Morgan fingerprint density at radius 1 is 0.750 bits per heavy atom. The van der Waals surface area contributed by atoms with E-state index in [1.54, 1.807) is 12.1 Å². The van der Waals surface area contributed by atoms with Crippen LogP contribution in [0.15, 0.2) is 48.5 Å². The third kappa shape index (κ3) is 5.06. The molecule has 0 aromatic heterocycles. The van der Waals surface area contributed by atoms with Gasteiger partial charge < -0.3 is 20.8 Å². The molecule has 28 heavy (non-hydrogen) atoms. The van der Waals surface area contributed by atoms with Crippen LogP contribution in [0, 0.1) is 5.41 Å². The maximum atomic E-state index is 10.1. The van der Waals surface area contributed by atoms with Crippen LogP contribution in [0.1, 0.15) is 69.2 Å². The molecule has 0 spiro atoms. The lowest BCUT2D eigenvalue weighted by molar-refractivity contribution is 0.165. The maximum absolute atomic E-state index is 10.1. The number of phenolic OH excluding ortho intramolecular Hbond substituents is 2. The van der Waals surface area contributed by atoms with Crippen molar-refractivity contribution < 1.29 is 10.2 Å². The van der Waals surface area contributed by atoms with E-state index in [1.807, 2.05) is 36.4 Å². The number of rotatable bonds is 8. The third-order valence-electron chi connectivity index (χ3n) is 6.29. The molecule has 152 valence electrons. The molecule has 1 saturated carbocycles. The highest BCUT2D eigenvalue weighted by Crippen LogP contribution is 2.37. The van der Waals surface area contributed by atoms with Crippen molar-refractivity contribution in [3.8, 4) is 11.5 Å². The normalized spacial score (nSPS) is 18.5. The van der Waals surface area contributed by atoms with E-state index in [-0.39, 0.29) is 17.5 Å². The molecule has 0 radical (unpaired) electrons. The largest absolute Gasteiger partial charge is 0.508 e. The van der Waals surface area contributed by atoms with Gasteiger partial charge in [0.1, 0.15) is 11.5 Å². The van der Waals surface area contributed by atoms with Crippen LogP contribution in [0.2, 0.25) is 0 Å². The molecule has 1 aliphatic rings. The molecule has 0 saturated heterocycles. The van der Waals surface area contributed by atoms with E-state index < -0.39 is 0 Å². The molecular formula is C24H34N2O2. The lowest BCUT2D eigenvalue weighted by atomic mass is 9.73. The molecule has 3 rings (SSSR count). The minimum atomic E-state index is 0.107. The Balaban J connectivity index is 1.63. The zero-order chi connectivity index (χ0) is 20.0. The van der Waals surface area contributed by atoms with Gasteiger partial charge in [-0.1, -0.05) is 55.7 Å². The predicted molar refractivity (Wildman–Crippen MR) is 115 cm³/mol. The molecule has 4 nitrogen and oxygen atoms in total. The number of aromatic hydroxyl groups is 2. The molecule has 0 unspecified atom stereocenters. The monoisotopic (exact) mass is 382 g/mol. The second kappa shape index (κ2) is 9.44. The molecule has 0 amide bonds. The lowest BCUT2D eigenvalue weighted by Gasteiger charge is -2.39. The van der Waals surface area contributed by atoms with E-state index in [4.69, 9.17) is 0 Å². The average molecular weight is 383 g/mol. The highest BCUT2D eigenvalue weighted by molar-refractivity contribution is 5.35. The Hall–Kier alpha value is -2.04. The summed E-state index contributed by atoms with van der Waals surface area (Å²) in [6.07, 6.45) is 6.24. The highest BCUT2D eigenvalue weighted by atomic mass is 16.3. The SMILES string of the molecule is C[C@H](NCC1(CN[C@@H](C)c2ccccc2O)CCCCC1)c1ccccc1O. The Bertz CT molecular complexity index is 698. The Kier molecular flexibility index (Phi) is 6.97. The van der Waals surface area contributed by atoms with Crippen molar-refractivity contribution in [3.63, 3.8) is 0 Å². The average Bonchev–Trinajstić information content (AvgIpc) is 2.72. The summed E-state index contributed by atoms with van der Waals surface area (Å²) in [5, 5.41) is 27.6. The van der Waals surface area contributed by atoms with Crippen LogP contribution in [-0.4, -0.2) is 23.3 Å². The Morgan fingerprint density at radius 3 is 1.61 bits per heavy atom. The van der Waals surface area contributed by atoms with Crippen LogP contribution in [0.3, 0.4) is 0 Å². The van der Waals surface area contributed by atoms with Gasteiger partial charge in [-0.25, -0.2) is 0 Å². The van der Waals surface area contributed by atoms with Crippen molar-refractivity contribution in [2.75, 3.05) is 13.1 Å². The van der Waals surface area contributed by atoms with Gasteiger partial charge in [-0.2, -0.15) is 0 Å². The number of nitrogens with one attached hydrogen (secondary N) is 2. The van der Waals surface area contributed by atoms with Crippen molar-refractivity contribution >= 4 is 0 Å². The zero-order valence-electron chi connectivity index (χ0n) is 17.1. The van der Waals surface area contributed by atoms with Gasteiger partial charge in [0, 0.05) is 36.3 Å². The van der Waals surface area contributed by atoms with E-state index >= 15 is 0 Å². The van der Waals surface area contributed by atoms with E-state index in [2.05, 4.69) is 24.5 Å². The van der Waals surface area contributed by atoms with Crippen molar-refractivity contribution in [2.45, 2.75) is 58.0 Å². The minimum Gasteiger partial charge on any atom is -0.508 e. The van der Waals surface area contributed by atoms with Crippen LogP contribution < -0.4 is 10.6 Å². The first-order valence-corrected chi connectivity index (χ1v) is 10.5. The van der Waals surface area contributed by atoms with Gasteiger partial charge in [-0.15, -0.1) is 0 Å². The maximum Gasteiger partial charge on any atom is 0.120 e. The summed E-state index contributed by atoms with van der Waals surface area (Å²) in [4.78, 5) is 0. The molecule has 0 aliphatic heterocycles. The minimum absolute atomic E-state index is 0.107. The molecule has 0 bridgehead atoms. The quantitative estimate of drug-likeness (QED) is 0.516. The van der Waals surface area contributed by atoms with E-state index in [9.17, 15) is 10.2 Å².